The fraction of sp³-hybridized carbons (Fsp3) is 0. The number of pyridine rings is 1. The Morgan fingerprint density at radius 3 is 2.53 bits per heavy atom. The molecule has 2 aromatic rings. The van der Waals surface area contributed by atoms with Crippen LogP contribution in [-0.2, 0) is 0 Å². The maximum atomic E-state index is 10.4. The molecule has 0 saturated heterocycles. The molecule has 0 spiro atoms. The van der Waals surface area contributed by atoms with Crippen LogP contribution in [0.25, 0.3) is 5.69 Å². The first-order valence-electron chi connectivity index (χ1n) is 4.02. The highest BCUT2D eigenvalue weighted by Gasteiger charge is 2.06. The number of aldehydes is 1. The van der Waals surface area contributed by atoms with Gasteiger partial charge in [-0.3, -0.25) is 14.3 Å². The third kappa shape index (κ3) is 2.19. The lowest BCUT2D eigenvalue weighted by Gasteiger charge is -2.02. The fourth-order valence-electron chi connectivity index (χ4n) is 1.10. The topological polar surface area (TPSA) is 47.8 Å². The van der Waals surface area contributed by atoms with Crippen molar-refractivity contribution in [2.45, 2.75) is 0 Å². The van der Waals surface area contributed by atoms with Crippen LogP contribution in [-0.4, -0.2) is 20.8 Å². The predicted octanol–water partition coefficient (Wildman–Crippen LogP) is 2.29. The molecule has 0 N–H and O–H groups in total. The highest BCUT2D eigenvalue weighted by atomic mass is 127. The van der Waals surface area contributed by atoms with E-state index in [-0.39, 0.29) is 0 Å². The molecule has 0 aliphatic rings. The molecule has 0 unspecified atom stereocenters. The largest absolute Gasteiger partial charge is 0.296 e. The number of hydrogen-bond acceptors (Lipinski definition) is 3. The van der Waals surface area contributed by atoms with Crippen molar-refractivity contribution in [2.24, 2.45) is 0 Å². The third-order valence-electron chi connectivity index (χ3n) is 1.84. The second-order valence-corrected chi connectivity index (χ2v) is 4.80. The van der Waals surface area contributed by atoms with Gasteiger partial charge in [-0.15, -0.1) is 0 Å². The molecule has 76 valence electrons. The zero-order chi connectivity index (χ0) is 10.8. The molecule has 0 aliphatic heterocycles. The van der Waals surface area contributed by atoms with Crippen LogP contribution in [0.15, 0.2) is 24.7 Å². The summed E-state index contributed by atoms with van der Waals surface area (Å²) in [6.07, 6.45) is 4.12. The summed E-state index contributed by atoms with van der Waals surface area (Å²) in [5.74, 6) is 0. The molecule has 0 bridgehead atoms. The average Bonchev–Trinajstić information content (AvgIpc) is 2.60. The first kappa shape index (κ1) is 11.0. The van der Waals surface area contributed by atoms with Crippen LogP contribution in [0.4, 0.5) is 0 Å². The highest BCUT2D eigenvalue weighted by Crippen LogP contribution is 2.17. The van der Waals surface area contributed by atoms with E-state index in [0.29, 0.717) is 5.69 Å². The molecular weight excluding hydrogens is 420 g/mol. The molecule has 2 rings (SSSR count). The van der Waals surface area contributed by atoms with Crippen LogP contribution in [0.1, 0.15) is 10.5 Å². The van der Waals surface area contributed by atoms with Gasteiger partial charge in [0.05, 0.1) is 11.9 Å². The van der Waals surface area contributed by atoms with Crippen molar-refractivity contribution < 1.29 is 4.79 Å². The van der Waals surface area contributed by atoms with Gasteiger partial charge in [0.1, 0.15) is 19.4 Å². The maximum absolute atomic E-state index is 10.4. The van der Waals surface area contributed by atoms with Crippen molar-refractivity contribution >= 4 is 51.5 Å². The molecule has 0 aliphatic carbocycles. The Hall–Kier alpha value is -0.510. The van der Waals surface area contributed by atoms with Crippen molar-refractivity contribution in [3.63, 3.8) is 0 Å². The molecule has 15 heavy (non-hydrogen) atoms. The smallest absolute Gasteiger partial charge is 0.168 e. The number of carbonyl (C=O) groups excluding carboxylic acids is 1. The summed E-state index contributed by atoms with van der Waals surface area (Å²) in [5, 5.41) is 0. The third-order valence-corrected chi connectivity index (χ3v) is 4.69. The van der Waals surface area contributed by atoms with E-state index in [9.17, 15) is 4.79 Å². The van der Waals surface area contributed by atoms with Crippen LogP contribution in [0.2, 0.25) is 0 Å². The second kappa shape index (κ2) is 4.56. The van der Waals surface area contributed by atoms with Crippen molar-refractivity contribution in [1.82, 2.24) is 14.5 Å². The minimum Gasteiger partial charge on any atom is -0.296 e. The maximum Gasteiger partial charge on any atom is 0.168 e. The van der Waals surface area contributed by atoms with Crippen molar-refractivity contribution in [3.8, 4) is 5.69 Å². The van der Waals surface area contributed by atoms with E-state index >= 15 is 0 Å². The number of imidazole rings is 1. The monoisotopic (exact) mass is 425 g/mol. The SMILES string of the molecule is O=Cc1ccc(-n2cnc(I)c2I)cn1. The minimum atomic E-state index is 0.434. The molecule has 4 nitrogen and oxygen atoms in total. The first-order chi connectivity index (χ1) is 7.22. The number of nitrogens with zero attached hydrogens (tertiary/aromatic N) is 3. The molecular formula is C9H5I2N3O. The van der Waals surface area contributed by atoms with Gasteiger partial charge in [-0.05, 0) is 57.3 Å². The first-order valence-corrected chi connectivity index (χ1v) is 6.18. The Labute approximate surface area is 113 Å². The predicted molar refractivity (Wildman–Crippen MR) is 72.2 cm³/mol. The van der Waals surface area contributed by atoms with Crippen LogP contribution in [0.3, 0.4) is 0 Å². The Balaban J connectivity index is 2.45. The molecule has 0 aromatic carbocycles. The molecule has 0 atom stereocenters. The van der Waals surface area contributed by atoms with Crippen LogP contribution in [0.5, 0.6) is 0 Å². The lowest BCUT2D eigenvalue weighted by atomic mass is 10.3. The van der Waals surface area contributed by atoms with Gasteiger partial charge in [-0.1, -0.05) is 0 Å². The van der Waals surface area contributed by atoms with Gasteiger partial charge in [0, 0.05) is 0 Å². The van der Waals surface area contributed by atoms with E-state index < -0.39 is 0 Å². The Bertz CT molecular complexity index is 493. The van der Waals surface area contributed by atoms with Crippen LogP contribution < -0.4 is 0 Å². The van der Waals surface area contributed by atoms with Crippen molar-refractivity contribution in [1.29, 1.82) is 0 Å². The van der Waals surface area contributed by atoms with Gasteiger partial charge in [-0.25, -0.2) is 4.98 Å². The number of halogens is 2. The number of rotatable bonds is 2. The van der Waals surface area contributed by atoms with E-state index in [1.54, 1.807) is 18.6 Å². The van der Waals surface area contributed by atoms with E-state index in [0.717, 1.165) is 19.4 Å². The summed E-state index contributed by atoms with van der Waals surface area (Å²) in [6, 6.07) is 3.53. The molecule has 6 heteroatoms. The van der Waals surface area contributed by atoms with Gasteiger partial charge in [0.2, 0.25) is 0 Å². The van der Waals surface area contributed by atoms with Gasteiger partial charge in [0.15, 0.2) is 6.29 Å². The summed E-state index contributed by atoms with van der Waals surface area (Å²) in [4.78, 5) is 18.6. The van der Waals surface area contributed by atoms with Gasteiger partial charge >= 0.3 is 0 Å². The van der Waals surface area contributed by atoms with Crippen LogP contribution >= 0.6 is 45.2 Å². The Kier molecular flexibility index (Phi) is 3.34. The zero-order valence-corrected chi connectivity index (χ0v) is 11.7. The van der Waals surface area contributed by atoms with Gasteiger partial charge in [-0.2, -0.15) is 0 Å². The van der Waals surface area contributed by atoms with Crippen LogP contribution in [0, 0.1) is 7.40 Å². The second-order valence-electron chi connectivity index (χ2n) is 2.76. The minimum absolute atomic E-state index is 0.434. The fourth-order valence-corrected chi connectivity index (χ4v) is 2.03. The van der Waals surface area contributed by atoms with Crippen molar-refractivity contribution in [2.75, 3.05) is 0 Å². The molecule has 0 amide bonds. The quantitative estimate of drug-likeness (QED) is 0.549. The van der Waals surface area contributed by atoms with E-state index in [1.165, 1.54) is 0 Å². The van der Waals surface area contributed by atoms with E-state index in [1.807, 2.05) is 10.6 Å². The standard InChI is InChI=1S/C9H5I2N3O/c10-8-9(11)14(5-13-8)7-2-1-6(4-15)12-3-7/h1-5H. The average molecular weight is 425 g/mol. The van der Waals surface area contributed by atoms with E-state index in [4.69, 9.17) is 0 Å². The summed E-state index contributed by atoms with van der Waals surface area (Å²) in [5.41, 5.74) is 1.34. The number of aromatic nitrogens is 3. The molecule has 2 aromatic heterocycles. The molecule has 0 fully saturated rings. The Morgan fingerprint density at radius 1 is 1.27 bits per heavy atom. The number of carbonyl (C=O) groups is 1. The summed E-state index contributed by atoms with van der Waals surface area (Å²) in [7, 11) is 0. The summed E-state index contributed by atoms with van der Waals surface area (Å²) >= 11 is 4.39. The van der Waals surface area contributed by atoms with Crippen molar-refractivity contribution in [3.05, 3.63) is 37.8 Å². The molecule has 0 radical (unpaired) electrons. The Morgan fingerprint density at radius 2 is 2.07 bits per heavy atom. The zero-order valence-electron chi connectivity index (χ0n) is 7.39. The van der Waals surface area contributed by atoms with E-state index in [2.05, 4.69) is 55.1 Å². The lowest BCUT2D eigenvalue weighted by molar-refractivity contribution is 0.111. The van der Waals surface area contributed by atoms with Gasteiger partial charge < -0.3 is 0 Å². The summed E-state index contributed by atoms with van der Waals surface area (Å²) in [6.45, 7) is 0. The molecule has 2 heterocycles. The highest BCUT2D eigenvalue weighted by molar-refractivity contribution is 14.1. The lowest BCUT2D eigenvalue weighted by Crippen LogP contribution is -1.97. The van der Waals surface area contributed by atoms with Gasteiger partial charge in [0.25, 0.3) is 0 Å². The number of hydrogen-bond donors (Lipinski definition) is 0. The molecule has 0 saturated carbocycles. The summed E-state index contributed by atoms with van der Waals surface area (Å²) < 4.78 is 3.91. The normalized spacial score (nSPS) is 10.3.